The molecule has 0 bridgehead atoms. The fourth-order valence-corrected chi connectivity index (χ4v) is 3.11. The van der Waals surface area contributed by atoms with Gasteiger partial charge in [-0.1, -0.05) is 30.3 Å². The first-order chi connectivity index (χ1) is 13.1. The summed E-state index contributed by atoms with van der Waals surface area (Å²) in [5, 5.41) is 8.36. The molecular weight excluding hydrogens is 346 g/mol. The van der Waals surface area contributed by atoms with Crippen LogP contribution in [0.5, 0.6) is 11.5 Å². The van der Waals surface area contributed by atoms with Gasteiger partial charge in [0.25, 0.3) is 5.56 Å². The van der Waals surface area contributed by atoms with Gasteiger partial charge in [-0.05, 0) is 18.2 Å². The highest BCUT2D eigenvalue weighted by Gasteiger charge is 2.21. The first-order valence-electron chi connectivity index (χ1n) is 8.72. The van der Waals surface area contributed by atoms with Gasteiger partial charge in [-0.2, -0.15) is 5.10 Å². The summed E-state index contributed by atoms with van der Waals surface area (Å²) in [6.07, 6.45) is -0.174. The third-order valence-corrected chi connectivity index (χ3v) is 4.46. The van der Waals surface area contributed by atoms with Crippen LogP contribution >= 0.6 is 0 Å². The highest BCUT2D eigenvalue weighted by atomic mass is 16.6. The predicted octanol–water partition coefficient (Wildman–Crippen LogP) is 1.43. The molecule has 1 unspecified atom stereocenters. The van der Waals surface area contributed by atoms with Crippen molar-refractivity contribution in [2.75, 3.05) is 13.2 Å². The molecule has 7 nitrogen and oxygen atoms in total. The van der Waals surface area contributed by atoms with Crippen LogP contribution in [0.15, 0.2) is 53.3 Å². The molecule has 2 heterocycles. The van der Waals surface area contributed by atoms with Gasteiger partial charge in [0.2, 0.25) is 5.91 Å². The number of nitrogens with one attached hydrogen (secondary N) is 1. The number of aromatic nitrogens is 2. The molecule has 4 rings (SSSR count). The van der Waals surface area contributed by atoms with E-state index >= 15 is 0 Å². The van der Waals surface area contributed by atoms with E-state index in [0.717, 1.165) is 0 Å². The lowest BCUT2D eigenvalue weighted by molar-refractivity contribution is -0.121. The zero-order valence-electron chi connectivity index (χ0n) is 14.8. The molecule has 0 saturated carbocycles. The lowest BCUT2D eigenvalue weighted by atomic mass is 10.1. The fourth-order valence-electron chi connectivity index (χ4n) is 3.11. The molecule has 27 heavy (non-hydrogen) atoms. The van der Waals surface area contributed by atoms with Gasteiger partial charge < -0.3 is 14.8 Å². The summed E-state index contributed by atoms with van der Waals surface area (Å²) in [4.78, 5) is 24.6. The minimum absolute atomic E-state index is 0.0821. The Labute approximate surface area is 155 Å². The molecule has 0 aliphatic carbocycles. The van der Waals surface area contributed by atoms with Gasteiger partial charge in [-0.25, -0.2) is 4.68 Å². The SMILES string of the molecule is Cn1nc(CC(=O)NCC2COc3ccccc3O2)c2ccccc2c1=O. The quantitative estimate of drug-likeness (QED) is 0.756. The highest BCUT2D eigenvalue weighted by molar-refractivity contribution is 5.88. The number of aryl methyl sites for hydroxylation is 1. The van der Waals surface area contributed by atoms with Crippen molar-refractivity contribution < 1.29 is 14.3 Å². The Morgan fingerprint density at radius 1 is 1.15 bits per heavy atom. The molecule has 3 aromatic rings. The molecule has 138 valence electrons. The number of hydrogen-bond donors (Lipinski definition) is 1. The fraction of sp³-hybridized carbons (Fsp3) is 0.250. The number of hydrogen-bond acceptors (Lipinski definition) is 5. The van der Waals surface area contributed by atoms with Gasteiger partial charge in [0, 0.05) is 12.4 Å². The average molecular weight is 365 g/mol. The molecule has 1 N–H and O–H groups in total. The summed E-state index contributed by atoms with van der Waals surface area (Å²) < 4.78 is 12.7. The van der Waals surface area contributed by atoms with E-state index in [0.29, 0.717) is 41.1 Å². The molecule has 1 amide bonds. The number of rotatable bonds is 4. The zero-order valence-corrected chi connectivity index (χ0v) is 14.8. The van der Waals surface area contributed by atoms with Crippen molar-refractivity contribution in [1.29, 1.82) is 0 Å². The lowest BCUT2D eigenvalue weighted by Crippen LogP contribution is -2.41. The molecule has 1 aromatic heterocycles. The van der Waals surface area contributed by atoms with Crippen LogP contribution in [0.25, 0.3) is 10.8 Å². The van der Waals surface area contributed by atoms with Crippen LogP contribution in [0.1, 0.15) is 5.69 Å². The van der Waals surface area contributed by atoms with Crippen molar-refractivity contribution in [3.8, 4) is 11.5 Å². The average Bonchev–Trinajstić information content (AvgIpc) is 2.70. The molecule has 0 radical (unpaired) electrons. The standard InChI is InChI=1S/C20H19N3O4/c1-23-20(25)15-7-3-2-6-14(15)16(22-23)10-19(24)21-11-13-12-26-17-8-4-5-9-18(17)27-13/h2-9,13H,10-12H2,1H3,(H,21,24). The van der Waals surface area contributed by atoms with Crippen molar-refractivity contribution in [3.63, 3.8) is 0 Å². The van der Waals surface area contributed by atoms with Crippen LogP contribution in [-0.2, 0) is 18.3 Å². The number of ether oxygens (including phenoxy) is 2. The van der Waals surface area contributed by atoms with Crippen LogP contribution in [0.4, 0.5) is 0 Å². The Morgan fingerprint density at radius 2 is 1.85 bits per heavy atom. The van der Waals surface area contributed by atoms with Crippen LogP contribution < -0.4 is 20.3 Å². The first kappa shape index (κ1) is 17.1. The third-order valence-electron chi connectivity index (χ3n) is 4.46. The monoisotopic (exact) mass is 365 g/mol. The number of carbonyl (C=O) groups excluding carboxylic acids is 1. The molecule has 0 saturated heterocycles. The zero-order chi connectivity index (χ0) is 18.8. The van der Waals surface area contributed by atoms with Gasteiger partial charge in [0.05, 0.1) is 24.0 Å². The van der Waals surface area contributed by atoms with E-state index in [1.165, 1.54) is 4.68 Å². The molecule has 2 aromatic carbocycles. The van der Waals surface area contributed by atoms with Crippen molar-refractivity contribution in [3.05, 3.63) is 64.6 Å². The van der Waals surface area contributed by atoms with Crippen molar-refractivity contribution in [1.82, 2.24) is 15.1 Å². The van der Waals surface area contributed by atoms with Crippen LogP contribution in [-0.4, -0.2) is 34.9 Å². The normalized spacial score (nSPS) is 15.5. The highest BCUT2D eigenvalue weighted by Crippen LogP contribution is 2.30. The molecule has 0 fully saturated rings. The van der Waals surface area contributed by atoms with E-state index in [2.05, 4.69) is 10.4 Å². The largest absolute Gasteiger partial charge is 0.486 e. The maximum Gasteiger partial charge on any atom is 0.274 e. The van der Waals surface area contributed by atoms with Crippen molar-refractivity contribution in [2.24, 2.45) is 7.05 Å². The molecule has 1 aliphatic rings. The summed E-state index contributed by atoms with van der Waals surface area (Å²) in [6.45, 7) is 0.704. The number of amides is 1. The molecular formula is C20H19N3O4. The summed E-state index contributed by atoms with van der Waals surface area (Å²) in [6, 6.07) is 14.6. The number of carbonyl (C=O) groups is 1. The van der Waals surface area contributed by atoms with E-state index in [1.807, 2.05) is 30.3 Å². The van der Waals surface area contributed by atoms with E-state index in [9.17, 15) is 9.59 Å². The van der Waals surface area contributed by atoms with Gasteiger partial charge in [-0.3, -0.25) is 9.59 Å². The summed E-state index contributed by atoms with van der Waals surface area (Å²) in [5.41, 5.74) is 0.387. The smallest absolute Gasteiger partial charge is 0.274 e. The second-order valence-electron chi connectivity index (χ2n) is 6.40. The maximum absolute atomic E-state index is 12.4. The minimum Gasteiger partial charge on any atom is -0.486 e. The number of fused-ring (bicyclic) bond motifs is 2. The second-order valence-corrected chi connectivity index (χ2v) is 6.40. The van der Waals surface area contributed by atoms with Crippen molar-refractivity contribution >= 4 is 16.7 Å². The Hall–Kier alpha value is -3.35. The topological polar surface area (TPSA) is 82.5 Å². The Bertz CT molecular complexity index is 1060. The van der Waals surface area contributed by atoms with E-state index in [-0.39, 0.29) is 24.0 Å². The van der Waals surface area contributed by atoms with E-state index in [1.54, 1.807) is 25.2 Å². The second kappa shape index (κ2) is 7.11. The number of nitrogens with zero attached hydrogens (tertiary/aromatic N) is 2. The van der Waals surface area contributed by atoms with Gasteiger partial charge in [0.1, 0.15) is 12.7 Å². The molecule has 0 spiro atoms. The lowest BCUT2D eigenvalue weighted by Gasteiger charge is -2.26. The summed E-state index contributed by atoms with van der Waals surface area (Å²) in [7, 11) is 1.58. The van der Waals surface area contributed by atoms with Crippen LogP contribution in [0, 0.1) is 0 Å². The molecule has 1 atom stereocenters. The first-order valence-corrected chi connectivity index (χ1v) is 8.72. The third kappa shape index (κ3) is 3.48. The van der Waals surface area contributed by atoms with Gasteiger partial charge >= 0.3 is 0 Å². The van der Waals surface area contributed by atoms with Crippen LogP contribution in [0.3, 0.4) is 0 Å². The van der Waals surface area contributed by atoms with Gasteiger partial charge in [-0.15, -0.1) is 0 Å². The molecule has 1 aliphatic heterocycles. The number of para-hydroxylation sites is 2. The van der Waals surface area contributed by atoms with Crippen molar-refractivity contribution in [2.45, 2.75) is 12.5 Å². The van der Waals surface area contributed by atoms with Crippen LogP contribution in [0.2, 0.25) is 0 Å². The predicted molar refractivity (Wildman–Crippen MR) is 100 cm³/mol. The minimum atomic E-state index is -0.256. The Balaban J connectivity index is 1.43. The van der Waals surface area contributed by atoms with E-state index < -0.39 is 0 Å². The Morgan fingerprint density at radius 3 is 2.67 bits per heavy atom. The number of benzene rings is 2. The summed E-state index contributed by atoms with van der Waals surface area (Å²) in [5.74, 6) is 1.20. The van der Waals surface area contributed by atoms with E-state index in [4.69, 9.17) is 9.47 Å². The summed E-state index contributed by atoms with van der Waals surface area (Å²) >= 11 is 0. The Kier molecular flexibility index (Phi) is 4.50. The van der Waals surface area contributed by atoms with Gasteiger partial charge in [0.15, 0.2) is 11.5 Å². The molecule has 7 heteroatoms. The maximum atomic E-state index is 12.4.